The first-order valence-corrected chi connectivity index (χ1v) is 10.4. The van der Waals surface area contributed by atoms with Gasteiger partial charge in [-0.15, -0.1) is 11.8 Å². The number of nitrogens with zero attached hydrogens (tertiary/aromatic N) is 2. The van der Waals surface area contributed by atoms with Crippen molar-refractivity contribution in [3.05, 3.63) is 59.7 Å². The highest BCUT2D eigenvalue weighted by molar-refractivity contribution is 7.98. The lowest BCUT2D eigenvalue weighted by Crippen LogP contribution is -2.51. The number of ether oxygens (including phenoxy) is 1. The molecule has 6 heteroatoms. The molecule has 0 spiro atoms. The summed E-state index contributed by atoms with van der Waals surface area (Å²) in [6, 6.07) is 16.4. The third kappa shape index (κ3) is 5.40. The molecular weight excluding hydrogens is 358 g/mol. The van der Waals surface area contributed by atoms with Crippen molar-refractivity contribution in [1.82, 2.24) is 15.1 Å². The van der Waals surface area contributed by atoms with Gasteiger partial charge in [-0.05, 0) is 30.0 Å². The van der Waals surface area contributed by atoms with Crippen molar-refractivity contribution in [2.45, 2.75) is 18.0 Å². The van der Waals surface area contributed by atoms with Gasteiger partial charge in [0.15, 0.2) is 0 Å². The Morgan fingerprint density at radius 1 is 1.11 bits per heavy atom. The SMILES string of the molecule is COc1ccccc1CN1CCN(C(=O)NCc2cccc(SC)c2)CC1. The molecule has 0 aromatic heterocycles. The summed E-state index contributed by atoms with van der Waals surface area (Å²) >= 11 is 1.71. The molecule has 0 aliphatic carbocycles. The van der Waals surface area contributed by atoms with E-state index in [0.717, 1.165) is 44.0 Å². The number of thioether (sulfide) groups is 1. The molecular formula is C21H27N3O2S. The number of amides is 2. The summed E-state index contributed by atoms with van der Waals surface area (Å²) in [5.74, 6) is 0.921. The van der Waals surface area contributed by atoms with E-state index in [1.54, 1.807) is 18.9 Å². The number of benzene rings is 2. The highest BCUT2D eigenvalue weighted by atomic mass is 32.2. The summed E-state index contributed by atoms with van der Waals surface area (Å²) in [4.78, 5) is 17.9. The summed E-state index contributed by atoms with van der Waals surface area (Å²) in [5.41, 5.74) is 2.32. The lowest BCUT2D eigenvalue weighted by Gasteiger charge is -2.34. The zero-order chi connectivity index (χ0) is 19.1. The number of carbonyl (C=O) groups is 1. The topological polar surface area (TPSA) is 44.8 Å². The summed E-state index contributed by atoms with van der Waals surface area (Å²) in [7, 11) is 1.70. The minimum Gasteiger partial charge on any atom is -0.496 e. The third-order valence-corrected chi connectivity index (χ3v) is 5.55. The smallest absolute Gasteiger partial charge is 0.317 e. The van der Waals surface area contributed by atoms with E-state index < -0.39 is 0 Å². The second-order valence-electron chi connectivity index (χ2n) is 6.59. The molecule has 27 heavy (non-hydrogen) atoms. The van der Waals surface area contributed by atoms with Crippen LogP contribution in [0.3, 0.4) is 0 Å². The predicted molar refractivity (Wildman–Crippen MR) is 110 cm³/mol. The maximum Gasteiger partial charge on any atom is 0.317 e. The minimum atomic E-state index is 0.0153. The number of methoxy groups -OCH3 is 1. The maximum atomic E-state index is 12.5. The number of para-hydroxylation sites is 1. The number of hydrogen-bond acceptors (Lipinski definition) is 4. The Kier molecular flexibility index (Phi) is 7.01. The second-order valence-corrected chi connectivity index (χ2v) is 7.46. The van der Waals surface area contributed by atoms with E-state index in [1.165, 1.54) is 10.5 Å². The van der Waals surface area contributed by atoms with E-state index in [0.29, 0.717) is 6.54 Å². The molecule has 1 N–H and O–H groups in total. The van der Waals surface area contributed by atoms with Crippen LogP contribution in [0.1, 0.15) is 11.1 Å². The van der Waals surface area contributed by atoms with Crippen LogP contribution in [0, 0.1) is 0 Å². The Morgan fingerprint density at radius 2 is 1.89 bits per heavy atom. The lowest BCUT2D eigenvalue weighted by atomic mass is 10.1. The van der Waals surface area contributed by atoms with E-state index in [9.17, 15) is 4.79 Å². The first-order valence-electron chi connectivity index (χ1n) is 9.19. The standard InChI is InChI=1S/C21H27N3O2S/c1-26-20-9-4-3-7-18(20)16-23-10-12-24(13-11-23)21(25)22-15-17-6-5-8-19(14-17)27-2/h3-9,14H,10-13,15-16H2,1-2H3,(H,22,25). The highest BCUT2D eigenvalue weighted by Crippen LogP contribution is 2.20. The van der Waals surface area contributed by atoms with Crippen LogP contribution in [-0.4, -0.2) is 55.4 Å². The Balaban J connectivity index is 1.46. The Morgan fingerprint density at radius 3 is 2.63 bits per heavy atom. The number of nitrogens with one attached hydrogen (secondary N) is 1. The molecule has 0 radical (unpaired) electrons. The van der Waals surface area contributed by atoms with Gasteiger partial charge in [0.1, 0.15) is 5.75 Å². The molecule has 0 saturated carbocycles. The largest absolute Gasteiger partial charge is 0.496 e. The van der Waals surface area contributed by atoms with Crippen LogP contribution in [0.25, 0.3) is 0 Å². The van der Waals surface area contributed by atoms with Crippen molar-refractivity contribution < 1.29 is 9.53 Å². The second kappa shape index (κ2) is 9.67. The van der Waals surface area contributed by atoms with Gasteiger partial charge in [0.25, 0.3) is 0 Å². The van der Waals surface area contributed by atoms with Crippen molar-refractivity contribution in [1.29, 1.82) is 0 Å². The molecule has 0 unspecified atom stereocenters. The molecule has 2 aromatic rings. The molecule has 5 nitrogen and oxygen atoms in total. The van der Waals surface area contributed by atoms with Crippen molar-refractivity contribution in [2.24, 2.45) is 0 Å². The van der Waals surface area contributed by atoms with Crippen molar-refractivity contribution in [2.75, 3.05) is 39.5 Å². The van der Waals surface area contributed by atoms with Gasteiger partial charge in [0, 0.05) is 49.7 Å². The molecule has 1 saturated heterocycles. The molecule has 0 atom stereocenters. The summed E-state index contributed by atoms with van der Waals surface area (Å²) in [6.07, 6.45) is 2.06. The molecule has 1 aliphatic rings. The fourth-order valence-electron chi connectivity index (χ4n) is 3.26. The molecule has 3 rings (SSSR count). The van der Waals surface area contributed by atoms with E-state index >= 15 is 0 Å². The summed E-state index contributed by atoms with van der Waals surface area (Å²) in [5, 5.41) is 3.04. The zero-order valence-corrected chi connectivity index (χ0v) is 16.8. The monoisotopic (exact) mass is 385 g/mol. The number of rotatable bonds is 6. The molecule has 1 heterocycles. The van der Waals surface area contributed by atoms with Gasteiger partial charge in [-0.2, -0.15) is 0 Å². The molecule has 0 bridgehead atoms. The van der Waals surface area contributed by atoms with Crippen LogP contribution in [0.2, 0.25) is 0 Å². The first-order chi connectivity index (χ1) is 13.2. The first kappa shape index (κ1) is 19.6. The van der Waals surface area contributed by atoms with Crippen LogP contribution < -0.4 is 10.1 Å². The van der Waals surface area contributed by atoms with Gasteiger partial charge in [0.05, 0.1) is 7.11 Å². The number of piperazine rings is 1. The normalized spacial score (nSPS) is 14.8. The zero-order valence-electron chi connectivity index (χ0n) is 16.0. The van der Waals surface area contributed by atoms with Crippen LogP contribution in [0.4, 0.5) is 4.79 Å². The van der Waals surface area contributed by atoms with E-state index in [-0.39, 0.29) is 6.03 Å². The number of carbonyl (C=O) groups excluding carboxylic acids is 1. The Labute approximate surface area is 165 Å². The van der Waals surface area contributed by atoms with Gasteiger partial charge in [-0.1, -0.05) is 30.3 Å². The fraction of sp³-hybridized carbons (Fsp3) is 0.381. The van der Waals surface area contributed by atoms with E-state index in [1.807, 2.05) is 35.2 Å². The third-order valence-electron chi connectivity index (χ3n) is 4.82. The predicted octanol–water partition coefficient (Wildman–Crippen LogP) is 3.44. The van der Waals surface area contributed by atoms with Gasteiger partial charge in [0.2, 0.25) is 0 Å². The van der Waals surface area contributed by atoms with Crippen molar-refractivity contribution in [3.63, 3.8) is 0 Å². The molecule has 1 aliphatic heterocycles. The van der Waals surface area contributed by atoms with Gasteiger partial charge in [-0.3, -0.25) is 4.90 Å². The molecule has 144 valence electrons. The summed E-state index contributed by atoms with van der Waals surface area (Å²) < 4.78 is 5.43. The lowest BCUT2D eigenvalue weighted by molar-refractivity contribution is 0.134. The Hall–Kier alpha value is -2.18. The van der Waals surface area contributed by atoms with E-state index in [4.69, 9.17) is 4.74 Å². The van der Waals surface area contributed by atoms with Crippen molar-refractivity contribution in [3.8, 4) is 5.75 Å². The fourth-order valence-corrected chi connectivity index (χ4v) is 3.74. The quantitative estimate of drug-likeness (QED) is 0.774. The summed E-state index contributed by atoms with van der Waals surface area (Å²) in [6.45, 7) is 4.63. The van der Waals surface area contributed by atoms with Crippen LogP contribution in [0.5, 0.6) is 5.75 Å². The van der Waals surface area contributed by atoms with Crippen LogP contribution in [-0.2, 0) is 13.1 Å². The van der Waals surface area contributed by atoms with Gasteiger partial charge in [-0.25, -0.2) is 4.79 Å². The Bertz CT molecular complexity index is 761. The molecule has 2 aromatic carbocycles. The maximum absolute atomic E-state index is 12.5. The average molecular weight is 386 g/mol. The molecule has 1 fully saturated rings. The minimum absolute atomic E-state index is 0.0153. The van der Waals surface area contributed by atoms with Gasteiger partial charge < -0.3 is 15.0 Å². The number of urea groups is 1. The van der Waals surface area contributed by atoms with Gasteiger partial charge >= 0.3 is 6.03 Å². The van der Waals surface area contributed by atoms with Crippen LogP contribution >= 0.6 is 11.8 Å². The number of hydrogen-bond donors (Lipinski definition) is 1. The van der Waals surface area contributed by atoms with Crippen LogP contribution in [0.15, 0.2) is 53.4 Å². The highest BCUT2D eigenvalue weighted by Gasteiger charge is 2.21. The van der Waals surface area contributed by atoms with Crippen molar-refractivity contribution >= 4 is 17.8 Å². The average Bonchev–Trinajstić information content (AvgIpc) is 2.73. The van der Waals surface area contributed by atoms with E-state index in [2.05, 4.69) is 34.7 Å². The molecule has 2 amide bonds.